The van der Waals surface area contributed by atoms with Crippen molar-refractivity contribution in [2.75, 3.05) is 22.6 Å². The van der Waals surface area contributed by atoms with E-state index in [0.717, 1.165) is 12.1 Å². The van der Waals surface area contributed by atoms with E-state index in [1.54, 1.807) is 6.07 Å². The quantitative estimate of drug-likeness (QED) is 0.685. The molecule has 6 heteroatoms. The molecule has 0 aliphatic heterocycles. The van der Waals surface area contributed by atoms with Crippen molar-refractivity contribution in [1.82, 2.24) is 0 Å². The topological polar surface area (TPSA) is 76.4 Å². The van der Waals surface area contributed by atoms with Gasteiger partial charge in [0.25, 0.3) is 0 Å². The number of carbonyl (C=O) groups excluding carboxylic acids is 1. The smallest absolute Gasteiger partial charge is 0.412 e. The van der Waals surface area contributed by atoms with Gasteiger partial charge in [-0.25, -0.2) is 4.79 Å². The molecule has 0 heterocycles. The SMILES string of the molecule is CSC1CCCCC1Nc1cc(NC(=O)OC(C)(C)C)ccc1N. The zero-order valence-electron chi connectivity index (χ0n) is 15.0. The van der Waals surface area contributed by atoms with Crippen LogP contribution in [0.1, 0.15) is 46.5 Å². The van der Waals surface area contributed by atoms with Crippen molar-refractivity contribution >= 4 is 34.9 Å². The second-order valence-electron chi connectivity index (χ2n) is 7.24. The molecule has 0 bridgehead atoms. The molecule has 134 valence electrons. The molecule has 1 aromatic rings. The molecule has 1 aromatic carbocycles. The maximum atomic E-state index is 11.9. The molecular formula is C18H29N3O2S. The predicted molar refractivity (Wildman–Crippen MR) is 104 cm³/mol. The lowest BCUT2D eigenvalue weighted by Gasteiger charge is -2.32. The molecule has 0 saturated heterocycles. The van der Waals surface area contributed by atoms with Gasteiger partial charge in [-0.2, -0.15) is 11.8 Å². The lowest BCUT2D eigenvalue weighted by Crippen LogP contribution is -2.34. The summed E-state index contributed by atoms with van der Waals surface area (Å²) < 4.78 is 5.29. The third-order valence-corrected chi connectivity index (χ3v) is 5.21. The lowest BCUT2D eigenvalue weighted by molar-refractivity contribution is 0.0636. The van der Waals surface area contributed by atoms with Crippen LogP contribution in [-0.2, 0) is 4.74 Å². The number of rotatable bonds is 4. The molecule has 2 unspecified atom stereocenters. The van der Waals surface area contributed by atoms with Crippen molar-refractivity contribution in [1.29, 1.82) is 0 Å². The lowest BCUT2D eigenvalue weighted by atomic mass is 9.94. The normalized spacial score (nSPS) is 21.2. The van der Waals surface area contributed by atoms with E-state index in [1.807, 2.05) is 44.7 Å². The van der Waals surface area contributed by atoms with Gasteiger partial charge in [0.1, 0.15) is 5.60 Å². The van der Waals surface area contributed by atoms with Crippen molar-refractivity contribution in [2.24, 2.45) is 0 Å². The van der Waals surface area contributed by atoms with Gasteiger partial charge < -0.3 is 15.8 Å². The molecule has 1 fully saturated rings. The van der Waals surface area contributed by atoms with Crippen LogP contribution < -0.4 is 16.4 Å². The van der Waals surface area contributed by atoms with Gasteiger partial charge >= 0.3 is 6.09 Å². The zero-order chi connectivity index (χ0) is 17.7. The van der Waals surface area contributed by atoms with Crippen molar-refractivity contribution in [3.05, 3.63) is 18.2 Å². The van der Waals surface area contributed by atoms with Crippen molar-refractivity contribution in [3.8, 4) is 0 Å². The molecule has 5 nitrogen and oxygen atoms in total. The monoisotopic (exact) mass is 351 g/mol. The molecule has 1 amide bonds. The first kappa shape index (κ1) is 18.8. The molecule has 24 heavy (non-hydrogen) atoms. The molecule has 1 aliphatic carbocycles. The maximum absolute atomic E-state index is 11.9. The number of nitrogens with two attached hydrogens (primary N) is 1. The first-order valence-electron chi connectivity index (χ1n) is 8.47. The van der Waals surface area contributed by atoms with Crippen LogP contribution in [0.2, 0.25) is 0 Å². The van der Waals surface area contributed by atoms with E-state index in [1.165, 1.54) is 19.3 Å². The van der Waals surface area contributed by atoms with Crippen LogP contribution in [0.4, 0.5) is 21.9 Å². The Morgan fingerprint density at radius 3 is 2.67 bits per heavy atom. The van der Waals surface area contributed by atoms with E-state index in [2.05, 4.69) is 16.9 Å². The molecule has 0 spiro atoms. The summed E-state index contributed by atoms with van der Waals surface area (Å²) in [4.78, 5) is 11.9. The van der Waals surface area contributed by atoms with Gasteiger partial charge in [-0.3, -0.25) is 5.32 Å². The summed E-state index contributed by atoms with van der Waals surface area (Å²) in [5, 5.41) is 6.94. The third-order valence-electron chi connectivity index (χ3n) is 4.04. The fourth-order valence-corrected chi connectivity index (χ4v) is 3.86. The van der Waals surface area contributed by atoms with Gasteiger partial charge in [0.2, 0.25) is 0 Å². The Hall–Kier alpha value is -1.56. The van der Waals surface area contributed by atoms with Crippen LogP contribution in [0.5, 0.6) is 0 Å². The van der Waals surface area contributed by atoms with E-state index in [9.17, 15) is 4.79 Å². The Kier molecular flexibility index (Phi) is 6.27. The van der Waals surface area contributed by atoms with Gasteiger partial charge in [-0.05, 0) is 58.1 Å². The van der Waals surface area contributed by atoms with Crippen molar-refractivity contribution < 1.29 is 9.53 Å². The number of thioether (sulfide) groups is 1. The molecule has 4 N–H and O–H groups in total. The molecule has 2 atom stereocenters. The number of hydrogen-bond donors (Lipinski definition) is 3. The summed E-state index contributed by atoms with van der Waals surface area (Å²) >= 11 is 1.91. The minimum atomic E-state index is -0.521. The highest BCUT2D eigenvalue weighted by Gasteiger charge is 2.24. The third kappa shape index (κ3) is 5.51. The summed E-state index contributed by atoms with van der Waals surface area (Å²) in [6.45, 7) is 5.52. The molecular weight excluding hydrogens is 322 g/mol. The van der Waals surface area contributed by atoms with Crippen LogP contribution in [0.25, 0.3) is 0 Å². The van der Waals surface area contributed by atoms with E-state index < -0.39 is 11.7 Å². The van der Waals surface area contributed by atoms with E-state index in [0.29, 0.717) is 22.7 Å². The Bertz CT molecular complexity index is 572. The van der Waals surface area contributed by atoms with Crippen molar-refractivity contribution in [2.45, 2.75) is 63.3 Å². The van der Waals surface area contributed by atoms with Crippen LogP contribution >= 0.6 is 11.8 Å². The average molecular weight is 352 g/mol. The number of hydrogen-bond acceptors (Lipinski definition) is 5. The molecule has 1 saturated carbocycles. The van der Waals surface area contributed by atoms with E-state index in [-0.39, 0.29) is 0 Å². The Morgan fingerprint density at radius 2 is 2.00 bits per heavy atom. The van der Waals surface area contributed by atoms with Crippen molar-refractivity contribution in [3.63, 3.8) is 0 Å². The summed E-state index contributed by atoms with van der Waals surface area (Å²) in [5.41, 5.74) is 7.83. The number of carbonyl (C=O) groups is 1. The minimum absolute atomic E-state index is 0.410. The predicted octanol–water partition coefficient (Wildman–Crippen LogP) is 4.70. The summed E-state index contributed by atoms with van der Waals surface area (Å²) in [6, 6.07) is 5.89. The maximum Gasteiger partial charge on any atom is 0.412 e. The van der Waals surface area contributed by atoms with Gasteiger partial charge in [-0.1, -0.05) is 12.8 Å². The average Bonchev–Trinajstić information content (AvgIpc) is 2.49. The Morgan fingerprint density at radius 1 is 1.29 bits per heavy atom. The number of nitrogen functional groups attached to an aromatic ring is 1. The fourth-order valence-electron chi connectivity index (χ4n) is 2.92. The number of benzene rings is 1. The van der Waals surface area contributed by atoms with Gasteiger partial charge in [-0.15, -0.1) is 0 Å². The second kappa shape index (κ2) is 8.01. The van der Waals surface area contributed by atoms with Crippen LogP contribution in [0.15, 0.2) is 18.2 Å². The summed E-state index contributed by atoms with van der Waals surface area (Å²) in [5.74, 6) is 0. The zero-order valence-corrected chi connectivity index (χ0v) is 15.8. The largest absolute Gasteiger partial charge is 0.444 e. The standard InChI is InChI=1S/C18H29N3O2S/c1-18(2,3)23-17(22)20-12-9-10-13(19)15(11-12)21-14-7-5-6-8-16(14)24-4/h9-11,14,16,21H,5-8,19H2,1-4H3,(H,20,22). The van der Waals surface area contributed by atoms with Gasteiger partial charge in [0.05, 0.1) is 11.4 Å². The Balaban J connectivity index is 2.06. The van der Waals surface area contributed by atoms with Gasteiger partial charge in [0.15, 0.2) is 0 Å². The number of anilines is 3. The molecule has 2 rings (SSSR count). The highest BCUT2D eigenvalue weighted by Crippen LogP contribution is 2.32. The van der Waals surface area contributed by atoms with E-state index >= 15 is 0 Å². The minimum Gasteiger partial charge on any atom is -0.444 e. The van der Waals surface area contributed by atoms with Crippen LogP contribution in [0, 0.1) is 0 Å². The van der Waals surface area contributed by atoms with Gasteiger partial charge in [0, 0.05) is 17.0 Å². The number of amides is 1. The number of ether oxygens (including phenoxy) is 1. The fraction of sp³-hybridized carbons (Fsp3) is 0.611. The first-order valence-corrected chi connectivity index (χ1v) is 9.76. The summed E-state index contributed by atoms with van der Waals surface area (Å²) in [6.07, 6.45) is 6.61. The first-order chi connectivity index (χ1) is 11.3. The number of nitrogens with one attached hydrogen (secondary N) is 2. The highest BCUT2D eigenvalue weighted by atomic mass is 32.2. The summed E-state index contributed by atoms with van der Waals surface area (Å²) in [7, 11) is 0. The van der Waals surface area contributed by atoms with E-state index in [4.69, 9.17) is 10.5 Å². The molecule has 0 aromatic heterocycles. The van der Waals surface area contributed by atoms with Crippen LogP contribution in [0.3, 0.4) is 0 Å². The second-order valence-corrected chi connectivity index (χ2v) is 8.32. The molecule has 0 radical (unpaired) electrons. The Labute approximate surface area is 149 Å². The molecule has 1 aliphatic rings. The highest BCUT2D eigenvalue weighted by molar-refractivity contribution is 7.99. The van der Waals surface area contributed by atoms with Crippen LogP contribution in [-0.4, -0.2) is 29.2 Å².